The highest BCUT2D eigenvalue weighted by Crippen LogP contribution is 2.19. The summed E-state index contributed by atoms with van der Waals surface area (Å²) in [5.41, 5.74) is 1.62. The van der Waals surface area contributed by atoms with Crippen LogP contribution in [-0.4, -0.2) is 4.98 Å². The molecule has 2 aromatic rings. The Bertz CT molecular complexity index is 514. The van der Waals surface area contributed by atoms with E-state index in [1.807, 2.05) is 0 Å². The summed E-state index contributed by atoms with van der Waals surface area (Å²) in [6.07, 6.45) is 1.41. The maximum Gasteiger partial charge on any atom is 0.212 e. The fraction of sp³-hybridized carbons (Fsp3) is 0.0833. The molecule has 0 fully saturated rings. The van der Waals surface area contributed by atoms with Crippen LogP contribution in [0.3, 0.4) is 0 Å². The first kappa shape index (κ1) is 12.0. The van der Waals surface area contributed by atoms with Gasteiger partial charge < -0.3 is 5.32 Å². The van der Waals surface area contributed by atoms with Gasteiger partial charge in [0.1, 0.15) is 5.82 Å². The summed E-state index contributed by atoms with van der Waals surface area (Å²) in [5.74, 6) is -0.803. The largest absolute Gasteiger partial charge is 0.380 e. The van der Waals surface area contributed by atoms with Crippen molar-refractivity contribution in [3.05, 3.63) is 58.3 Å². The number of rotatable bonds is 3. The summed E-state index contributed by atoms with van der Waals surface area (Å²) in [6, 6.07) is 7.36. The molecule has 0 saturated carbocycles. The normalized spacial score (nSPS) is 10.3. The molecule has 2 nitrogen and oxygen atoms in total. The number of nitrogens with zero attached hydrogens (tertiary/aromatic N) is 1. The SMILES string of the molecule is Fc1ccc(CNc2ccc(F)nc2)c(Br)c1. The molecule has 5 heteroatoms. The third-order valence-electron chi connectivity index (χ3n) is 2.23. The van der Waals surface area contributed by atoms with Crippen molar-refractivity contribution in [2.75, 3.05) is 5.32 Å². The van der Waals surface area contributed by atoms with Crippen LogP contribution in [-0.2, 0) is 6.54 Å². The first-order valence-corrected chi connectivity index (χ1v) is 5.74. The van der Waals surface area contributed by atoms with E-state index < -0.39 is 5.95 Å². The molecule has 1 aromatic heterocycles. The summed E-state index contributed by atoms with van der Waals surface area (Å²) in [7, 11) is 0. The first-order valence-electron chi connectivity index (χ1n) is 4.94. The lowest BCUT2D eigenvalue weighted by Crippen LogP contribution is -2.01. The zero-order valence-electron chi connectivity index (χ0n) is 8.75. The van der Waals surface area contributed by atoms with Gasteiger partial charge in [-0.05, 0) is 29.8 Å². The van der Waals surface area contributed by atoms with Crippen LogP contribution in [0.15, 0.2) is 41.0 Å². The second-order valence-corrected chi connectivity index (χ2v) is 4.31. The summed E-state index contributed by atoms with van der Waals surface area (Å²) in [4.78, 5) is 3.53. The second-order valence-electron chi connectivity index (χ2n) is 3.46. The Labute approximate surface area is 106 Å². The van der Waals surface area contributed by atoms with E-state index in [9.17, 15) is 8.78 Å². The van der Waals surface area contributed by atoms with E-state index in [-0.39, 0.29) is 5.82 Å². The number of halogens is 3. The Kier molecular flexibility index (Phi) is 3.68. The van der Waals surface area contributed by atoms with Gasteiger partial charge in [-0.3, -0.25) is 0 Å². The Morgan fingerprint density at radius 3 is 2.65 bits per heavy atom. The van der Waals surface area contributed by atoms with Crippen molar-refractivity contribution >= 4 is 21.6 Å². The van der Waals surface area contributed by atoms with Crippen LogP contribution in [0.5, 0.6) is 0 Å². The molecule has 2 rings (SSSR count). The molecule has 0 amide bonds. The smallest absolute Gasteiger partial charge is 0.212 e. The molecule has 0 aliphatic carbocycles. The molecule has 17 heavy (non-hydrogen) atoms. The van der Waals surface area contributed by atoms with E-state index >= 15 is 0 Å². The number of nitrogens with one attached hydrogen (secondary N) is 1. The fourth-order valence-electron chi connectivity index (χ4n) is 1.34. The molecular weight excluding hydrogens is 290 g/mol. The Balaban J connectivity index is 2.04. The molecule has 0 bridgehead atoms. The minimum atomic E-state index is -0.515. The molecule has 0 unspecified atom stereocenters. The molecule has 0 radical (unpaired) electrons. The highest BCUT2D eigenvalue weighted by molar-refractivity contribution is 9.10. The van der Waals surface area contributed by atoms with Crippen molar-refractivity contribution in [2.45, 2.75) is 6.54 Å². The highest BCUT2D eigenvalue weighted by atomic mass is 79.9. The molecule has 1 heterocycles. The number of hydrogen-bond donors (Lipinski definition) is 1. The topological polar surface area (TPSA) is 24.9 Å². The van der Waals surface area contributed by atoms with Crippen LogP contribution in [0.1, 0.15) is 5.56 Å². The maximum absolute atomic E-state index is 12.9. The molecule has 0 aliphatic heterocycles. The van der Waals surface area contributed by atoms with Crippen molar-refractivity contribution in [3.8, 4) is 0 Å². The van der Waals surface area contributed by atoms with Gasteiger partial charge in [-0.1, -0.05) is 22.0 Å². The highest BCUT2D eigenvalue weighted by Gasteiger charge is 2.01. The maximum atomic E-state index is 12.9. The Hall–Kier alpha value is -1.49. The molecule has 0 saturated heterocycles. The summed E-state index contributed by atoms with van der Waals surface area (Å²) in [6.45, 7) is 0.508. The summed E-state index contributed by atoms with van der Waals surface area (Å²) in [5, 5.41) is 3.07. The third kappa shape index (κ3) is 3.23. The minimum absolute atomic E-state index is 0.288. The number of benzene rings is 1. The molecule has 0 aliphatic rings. The molecule has 0 atom stereocenters. The van der Waals surface area contributed by atoms with E-state index in [4.69, 9.17) is 0 Å². The molecule has 1 N–H and O–H groups in total. The monoisotopic (exact) mass is 298 g/mol. The van der Waals surface area contributed by atoms with Gasteiger partial charge in [0.25, 0.3) is 0 Å². The van der Waals surface area contributed by atoms with Gasteiger partial charge >= 0.3 is 0 Å². The predicted octanol–water partition coefficient (Wildman–Crippen LogP) is 3.73. The Morgan fingerprint density at radius 1 is 1.18 bits per heavy atom. The van der Waals surface area contributed by atoms with E-state index in [1.165, 1.54) is 24.4 Å². The lowest BCUT2D eigenvalue weighted by Gasteiger charge is -2.07. The second kappa shape index (κ2) is 5.23. The molecule has 88 valence electrons. The third-order valence-corrected chi connectivity index (χ3v) is 2.96. The van der Waals surface area contributed by atoms with Crippen LogP contribution in [0.2, 0.25) is 0 Å². The van der Waals surface area contributed by atoms with E-state index in [2.05, 4.69) is 26.2 Å². The average Bonchev–Trinajstić information content (AvgIpc) is 2.30. The standard InChI is InChI=1S/C12H9BrF2N2/c13-11-5-9(14)2-1-8(11)6-16-10-3-4-12(15)17-7-10/h1-5,7,16H,6H2. The molecule has 0 spiro atoms. The van der Waals surface area contributed by atoms with Crippen molar-refractivity contribution in [1.29, 1.82) is 0 Å². The van der Waals surface area contributed by atoms with Gasteiger partial charge in [-0.15, -0.1) is 0 Å². The van der Waals surface area contributed by atoms with Gasteiger partial charge in [0.2, 0.25) is 5.95 Å². The van der Waals surface area contributed by atoms with Crippen LogP contribution in [0.4, 0.5) is 14.5 Å². The van der Waals surface area contributed by atoms with Gasteiger partial charge in [0.15, 0.2) is 0 Å². The molecule has 1 aromatic carbocycles. The van der Waals surface area contributed by atoms with Gasteiger partial charge in [-0.2, -0.15) is 4.39 Å². The average molecular weight is 299 g/mol. The lowest BCUT2D eigenvalue weighted by atomic mass is 10.2. The van der Waals surface area contributed by atoms with E-state index in [1.54, 1.807) is 12.1 Å². The summed E-state index contributed by atoms with van der Waals surface area (Å²) >= 11 is 3.28. The van der Waals surface area contributed by atoms with Crippen molar-refractivity contribution in [3.63, 3.8) is 0 Å². The zero-order chi connectivity index (χ0) is 12.3. The lowest BCUT2D eigenvalue weighted by molar-refractivity contribution is 0.584. The van der Waals surface area contributed by atoms with Crippen LogP contribution >= 0.6 is 15.9 Å². The van der Waals surface area contributed by atoms with Gasteiger partial charge in [0, 0.05) is 11.0 Å². The van der Waals surface area contributed by atoms with E-state index in [0.29, 0.717) is 16.7 Å². The quantitative estimate of drug-likeness (QED) is 0.873. The van der Waals surface area contributed by atoms with Crippen molar-refractivity contribution in [1.82, 2.24) is 4.98 Å². The number of pyridine rings is 1. The minimum Gasteiger partial charge on any atom is -0.380 e. The number of hydrogen-bond acceptors (Lipinski definition) is 2. The fourth-order valence-corrected chi connectivity index (χ4v) is 1.83. The van der Waals surface area contributed by atoms with Crippen molar-refractivity contribution in [2.24, 2.45) is 0 Å². The van der Waals surface area contributed by atoms with Gasteiger partial charge in [-0.25, -0.2) is 9.37 Å². The summed E-state index contributed by atoms with van der Waals surface area (Å²) < 4.78 is 26.1. The Morgan fingerprint density at radius 2 is 2.00 bits per heavy atom. The van der Waals surface area contributed by atoms with E-state index in [0.717, 1.165) is 5.56 Å². The van der Waals surface area contributed by atoms with Crippen LogP contribution in [0, 0.1) is 11.8 Å². The van der Waals surface area contributed by atoms with Crippen molar-refractivity contribution < 1.29 is 8.78 Å². The predicted molar refractivity (Wildman–Crippen MR) is 65.6 cm³/mol. The number of aromatic nitrogens is 1. The number of anilines is 1. The zero-order valence-corrected chi connectivity index (χ0v) is 10.3. The van der Waals surface area contributed by atoms with Crippen LogP contribution in [0.25, 0.3) is 0 Å². The van der Waals surface area contributed by atoms with Gasteiger partial charge in [0.05, 0.1) is 11.9 Å². The first-order chi connectivity index (χ1) is 8.15. The molecular formula is C12H9BrF2N2. The van der Waals surface area contributed by atoms with Crippen LogP contribution < -0.4 is 5.32 Å².